The van der Waals surface area contributed by atoms with Gasteiger partial charge in [-0.25, -0.2) is 4.79 Å². The molecule has 2 heterocycles. The summed E-state index contributed by atoms with van der Waals surface area (Å²) < 4.78 is 11.3. The molecule has 0 radical (unpaired) electrons. The molecule has 3 aliphatic rings. The van der Waals surface area contributed by atoms with Gasteiger partial charge >= 0.3 is 6.09 Å². The Morgan fingerprint density at radius 2 is 1.91 bits per heavy atom. The summed E-state index contributed by atoms with van der Waals surface area (Å²) in [7, 11) is 1.71. The Morgan fingerprint density at radius 1 is 1.15 bits per heavy atom. The molecule has 2 fully saturated rings. The summed E-state index contributed by atoms with van der Waals surface area (Å²) in [6.07, 6.45) is 12.2. The molecular formula is C27H43ClN2O4. The second kappa shape index (κ2) is 11.9. The van der Waals surface area contributed by atoms with Crippen LogP contribution in [0.5, 0.6) is 0 Å². The SMILES string of the molecule is COC1CC2C/C(C)=C/C=C/CC3CC(C[C@H](C)C(C)(C)CCC(=O)NC(C2)C1Cl)OC(=O)N3. The van der Waals surface area contributed by atoms with Crippen LogP contribution in [-0.2, 0) is 14.3 Å². The number of allylic oxidation sites excluding steroid dienone is 3. The van der Waals surface area contributed by atoms with E-state index in [9.17, 15) is 9.59 Å². The fraction of sp³-hybridized carbons (Fsp3) is 0.778. The Hall–Kier alpha value is -1.53. The number of halogens is 1. The van der Waals surface area contributed by atoms with Gasteiger partial charge < -0.3 is 20.1 Å². The van der Waals surface area contributed by atoms with E-state index < -0.39 is 0 Å². The molecule has 3 rings (SSSR count). The molecule has 1 aliphatic carbocycles. The molecule has 192 valence electrons. The molecule has 7 atom stereocenters. The third-order valence-corrected chi connectivity index (χ3v) is 8.76. The van der Waals surface area contributed by atoms with Gasteiger partial charge in [0, 0.05) is 32.0 Å². The Balaban J connectivity index is 1.78. The molecule has 0 aromatic heterocycles. The van der Waals surface area contributed by atoms with Crippen LogP contribution in [-0.4, -0.2) is 48.8 Å². The van der Waals surface area contributed by atoms with Crippen molar-refractivity contribution in [2.75, 3.05) is 7.11 Å². The van der Waals surface area contributed by atoms with Gasteiger partial charge in [-0.3, -0.25) is 4.79 Å². The number of ether oxygens (including phenoxy) is 2. The molecule has 1 saturated carbocycles. The van der Waals surface area contributed by atoms with E-state index in [-0.39, 0.29) is 47.1 Å². The minimum absolute atomic E-state index is 0.0490. The Labute approximate surface area is 210 Å². The molecule has 1 saturated heterocycles. The highest BCUT2D eigenvalue weighted by Gasteiger charge is 2.38. The molecule has 0 spiro atoms. The molecule has 2 N–H and O–H groups in total. The van der Waals surface area contributed by atoms with Crippen LogP contribution in [0.25, 0.3) is 0 Å². The number of carbonyl (C=O) groups is 2. The highest BCUT2D eigenvalue weighted by atomic mass is 35.5. The normalized spacial score (nSPS) is 40.2. The first-order valence-corrected chi connectivity index (χ1v) is 13.3. The summed E-state index contributed by atoms with van der Waals surface area (Å²) in [6, 6.07) is -0.00448. The van der Waals surface area contributed by atoms with E-state index in [4.69, 9.17) is 21.1 Å². The average molecular weight is 495 g/mol. The van der Waals surface area contributed by atoms with Crippen molar-refractivity contribution in [1.29, 1.82) is 0 Å². The van der Waals surface area contributed by atoms with E-state index in [0.717, 1.165) is 44.9 Å². The van der Waals surface area contributed by atoms with Gasteiger partial charge in [-0.2, -0.15) is 0 Å². The third kappa shape index (κ3) is 7.48. The van der Waals surface area contributed by atoms with Crippen molar-refractivity contribution in [3.8, 4) is 0 Å². The van der Waals surface area contributed by atoms with Crippen LogP contribution in [0.2, 0.25) is 0 Å². The molecule has 2 amide bonds. The second-order valence-electron chi connectivity index (χ2n) is 11.3. The second-order valence-corrected chi connectivity index (χ2v) is 11.8. The van der Waals surface area contributed by atoms with Crippen molar-refractivity contribution >= 4 is 23.6 Å². The molecule has 7 heteroatoms. The van der Waals surface area contributed by atoms with Gasteiger partial charge in [0.1, 0.15) is 6.10 Å². The number of carbonyl (C=O) groups excluding carboxylic acids is 2. The van der Waals surface area contributed by atoms with Gasteiger partial charge in [0.2, 0.25) is 5.91 Å². The highest BCUT2D eigenvalue weighted by molar-refractivity contribution is 6.21. The minimum Gasteiger partial charge on any atom is -0.446 e. The van der Waals surface area contributed by atoms with Crippen molar-refractivity contribution in [1.82, 2.24) is 10.6 Å². The molecule has 4 bridgehead atoms. The van der Waals surface area contributed by atoms with Crippen molar-refractivity contribution < 1.29 is 19.1 Å². The number of fused-ring (bicyclic) bond motifs is 4. The van der Waals surface area contributed by atoms with Crippen LogP contribution in [0, 0.1) is 17.3 Å². The van der Waals surface area contributed by atoms with Crippen molar-refractivity contribution in [2.45, 2.75) is 109 Å². The summed E-state index contributed by atoms with van der Waals surface area (Å²) in [5, 5.41) is 5.96. The van der Waals surface area contributed by atoms with Crippen LogP contribution in [0.15, 0.2) is 23.8 Å². The topological polar surface area (TPSA) is 76.7 Å². The molecule has 2 aliphatic heterocycles. The number of nitrogens with one attached hydrogen (secondary N) is 2. The fourth-order valence-electron chi connectivity index (χ4n) is 5.58. The van der Waals surface area contributed by atoms with Gasteiger partial charge in [-0.05, 0) is 62.7 Å². The Bertz CT molecular complexity index is 781. The standard InChI is InChI=1S/C27H43ClN2O4/c1-17-8-6-7-9-20-16-21(34-26(32)29-20)13-18(2)27(3,4)11-10-24(31)30-22-14-19(12-17)15-23(33-5)25(22)28/h6-8,18-23,25H,9-16H2,1-5H3,(H,29,32)(H,30,31)/b7-6+,17-8+/t18-,19?,20?,21?,22?,23?,25?/m0/s1. The summed E-state index contributed by atoms with van der Waals surface area (Å²) in [4.78, 5) is 25.1. The Kier molecular flexibility index (Phi) is 9.50. The van der Waals surface area contributed by atoms with Crippen LogP contribution in [0.1, 0.15) is 79.1 Å². The maximum Gasteiger partial charge on any atom is 0.407 e. The van der Waals surface area contributed by atoms with E-state index in [1.54, 1.807) is 7.11 Å². The quantitative estimate of drug-likeness (QED) is 0.472. The van der Waals surface area contributed by atoms with E-state index in [2.05, 4.69) is 56.6 Å². The summed E-state index contributed by atoms with van der Waals surface area (Å²) in [5.41, 5.74) is 1.23. The molecule has 0 aromatic rings. The number of rotatable bonds is 1. The van der Waals surface area contributed by atoms with E-state index in [1.807, 2.05) is 0 Å². The summed E-state index contributed by atoms with van der Waals surface area (Å²) in [6.45, 7) is 8.74. The van der Waals surface area contributed by atoms with Crippen molar-refractivity contribution in [2.24, 2.45) is 17.3 Å². The first-order chi connectivity index (χ1) is 16.1. The maximum atomic E-state index is 12.9. The first-order valence-electron chi connectivity index (χ1n) is 12.8. The predicted molar refractivity (Wildman–Crippen MR) is 136 cm³/mol. The lowest BCUT2D eigenvalue weighted by Gasteiger charge is -2.39. The molecule has 34 heavy (non-hydrogen) atoms. The van der Waals surface area contributed by atoms with E-state index in [0.29, 0.717) is 18.3 Å². The molecular weight excluding hydrogens is 452 g/mol. The predicted octanol–water partition coefficient (Wildman–Crippen LogP) is 5.50. The monoisotopic (exact) mass is 494 g/mol. The highest BCUT2D eigenvalue weighted by Crippen LogP contribution is 2.37. The third-order valence-electron chi connectivity index (χ3n) is 8.18. The lowest BCUT2D eigenvalue weighted by atomic mass is 9.73. The molecule has 6 unspecified atom stereocenters. The lowest BCUT2D eigenvalue weighted by Crippen LogP contribution is -2.51. The van der Waals surface area contributed by atoms with Crippen molar-refractivity contribution in [3.63, 3.8) is 0 Å². The van der Waals surface area contributed by atoms with Gasteiger partial charge in [0.15, 0.2) is 0 Å². The Morgan fingerprint density at radius 3 is 2.65 bits per heavy atom. The largest absolute Gasteiger partial charge is 0.446 e. The van der Waals surface area contributed by atoms with E-state index in [1.165, 1.54) is 5.57 Å². The number of hydrogen-bond acceptors (Lipinski definition) is 4. The minimum atomic E-state index is -0.327. The smallest absolute Gasteiger partial charge is 0.407 e. The number of alkyl halides is 1. The fourth-order valence-corrected chi connectivity index (χ4v) is 5.95. The summed E-state index contributed by atoms with van der Waals surface area (Å²) in [5.74, 6) is 0.759. The van der Waals surface area contributed by atoms with Crippen LogP contribution >= 0.6 is 11.6 Å². The molecule has 0 aromatic carbocycles. The van der Waals surface area contributed by atoms with Crippen LogP contribution in [0.4, 0.5) is 4.79 Å². The zero-order valence-electron chi connectivity index (χ0n) is 21.4. The average Bonchev–Trinajstić information content (AvgIpc) is 2.76. The maximum absolute atomic E-state index is 12.9. The van der Waals surface area contributed by atoms with E-state index >= 15 is 0 Å². The van der Waals surface area contributed by atoms with Gasteiger partial charge in [-0.1, -0.05) is 44.6 Å². The zero-order chi connectivity index (χ0) is 24.9. The number of methoxy groups -OCH3 is 1. The van der Waals surface area contributed by atoms with Gasteiger partial charge in [0.25, 0.3) is 0 Å². The van der Waals surface area contributed by atoms with Crippen LogP contribution in [0.3, 0.4) is 0 Å². The van der Waals surface area contributed by atoms with Gasteiger partial charge in [0.05, 0.1) is 11.5 Å². The lowest BCUT2D eigenvalue weighted by molar-refractivity contribution is -0.123. The van der Waals surface area contributed by atoms with Gasteiger partial charge in [-0.15, -0.1) is 11.6 Å². The number of amides is 2. The molecule has 6 nitrogen and oxygen atoms in total. The zero-order valence-corrected chi connectivity index (χ0v) is 22.2. The number of hydrogen-bond donors (Lipinski definition) is 2. The summed E-state index contributed by atoms with van der Waals surface area (Å²) >= 11 is 6.74. The van der Waals surface area contributed by atoms with Crippen molar-refractivity contribution in [3.05, 3.63) is 23.8 Å². The first kappa shape index (κ1) is 27.1. The number of alkyl carbamates (subject to hydrolysis) is 1. The van der Waals surface area contributed by atoms with Crippen LogP contribution < -0.4 is 10.6 Å².